The number of methoxy groups -OCH3 is 2. The molecule has 0 unspecified atom stereocenters. The normalized spacial score (nSPS) is 24.8. The van der Waals surface area contributed by atoms with E-state index >= 15 is 0 Å². The number of anilines is 1. The molecule has 7 rings (SSSR count). The molecule has 0 aromatic heterocycles. The van der Waals surface area contributed by atoms with E-state index in [2.05, 4.69) is 17.4 Å². The quantitative estimate of drug-likeness (QED) is 0.0904. The third-order valence-electron chi connectivity index (χ3n) is 10.4. The van der Waals surface area contributed by atoms with Gasteiger partial charge < -0.3 is 33.5 Å². The maximum atomic E-state index is 14.3. The molecule has 0 saturated carbocycles. The standard InChI is InChI=1S/C45H45NO10/c1-51-37-21-19-36(20-22-37)46-45(50)56-39-38(27-47)53-44(52-2)41-40(39)54-42(48)34(25-28-15-17-30-9-3-5-11-32(30)23-28)13-7-8-14-35(43(49)55-41)26-29-16-18-31-10-4-6-12-33(31)24-29/h3-12,15-24,34-35,38-41,44,47H,13-14,25-27H2,1-2H3,(H,46,50)/b8-7-/t34-,35-,38-,39-,40+,41-,44+/m1/s1. The van der Waals surface area contributed by atoms with Crippen LogP contribution >= 0.6 is 0 Å². The Hall–Kier alpha value is -5.75. The second-order valence-electron chi connectivity index (χ2n) is 14.1. The molecule has 11 heteroatoms. The van der Waals surface area contributed by atoms with Crippen molar-refractivity contribution in [3.8, 4) is 5.75 Å². The number of hydrogen-bond acceptors (Lipinski definition) is 10. The van der Waals surface area contributed by atoms with Gasteiger partial charge in [0, 0.05) is 12.8 Å². The van der Waals surface area contributed by atoms with Gasteiger partial charge in [0.05, 0.1) is 25.6 Å². The first kappa shape index (κ1) is 38.5. The molecular formula is C45H45NO10. The lowest BCUT2D eigenvalue weighted by atomic mass is 9.91. The van der Waals surface area contributed by atoms with E-state index in [-0.39, 0.29) is 0 Å². The minimum atomic E-state index is -1.41. The molecule has 11 nitrogen and oxygen atoms in total. The van der Waals surface area contributed by atoms with Gasteiger partial charge in [-0.25, -0.2) is 4.79 Å². The summed E-state index contributed by atoms with van der Waals surface area (Å²) in [5.74, 6) is -1.87. The molecule has 2 N–H and O–H groups in total. The second kappa shape index (κ2) is 17.8. The predicted molar refractivity (Wildman–Crippen MR) is 210 cm³/mol. The number of rotatable bonds is 9. The molecular weight excluding hydrogens is 714 g/mol. The van der Waals surface area contributed by atoms with Crippen LogP contribution in [0.1, 0.15) is 24.0 Å². The topological polar surface area (TPSA) is 139 Å². The highest BCUT2D eigenvalue weighted by atomic mass is 16.7. The Morgan fingerprint density at radius 3 is 1.77 bits per heavy atom. The van der Waals surface area contributed by atoms with Gasteiger partial charge in [-0.2, -0.15) is 0 Å². The van der Waals surface area contributed by atoms with Crippen LogP contribution in [-0.4, -0.2) is 74.7 Å². The molecule has 0 spiro atoms. The number of carbonyl (C=O) groups is 3. The van der Waals surface area contributed by atoms with Gasteiger partial charge in [0.2, 0.25) is 0 Å². The van der Waals surface area contributed by atoms with Crippen molar-refractivity contribution in [3.63, 3.8) is 0 Å². The van der Waals surface area contributed by atoms with E-state index in [0.29, 0.717) is 37.1 Å². The minimum absolute atomic E-state index is 0.317. The number of nitrogens with one attached hydrogen (secondary N) is 1. The Balaban J connectivity index is 1.22. The highest BCUT2D eigenvalue weighted by molar-refractivity contribution is 5.86. The Morgan fingerprint density at radius 2 is 1.25 bits per heavy atom. The summed E-state index contributed by atoms with van der Waals surface area (Å²) >= 11 is 0. The Labute approximate surface area is 325 Å². The third-order valence-corrected chi connectivity index (χ3v) is 10.4. The van der Waals surface area contributed by atoms with Gasteiger partial charge in [0.15, 0.2) is 24.6 Å². The Bertz CT molecular complexity index is 2190. The molecule has 5 aromatic carbocycles. The van der Waals surface area contributed by atoms with Crippen LogP contribution < -0.4 is 10.1 Å². The molecule has 1 saturated heterocycles. The zero-order valence-corrected chi connectivity index (χ0v) is 31.2. The zero-order chi connectivity index (χ0) is 39.0. The number of aliphatic hydroxyl groups is 1. The van der Waals surface area contributed by atoms with Crippen LogP contribution in [0.5, 0.6) is 5.75 Å². The van der Waals surface area contributed by atoms with Gasteiger partial charge in [-0.1, -0.05) is 97.1 Å². The van der Waals surface area contributed by atoms with Gasteiger partial charge >= 0.3 is 18.0 Å². The summed E-state index contributed by atoms with van der Waals surface area (Å²) in [7, 11) is 2.89. The number of carbonyl (C=O) groups excluding carboxylic acids is 3. The number of hydrogen-bond donors (Lipinski definition) is 2. The van der Waals surface area contributed by atoms with E-state index in [4.69, 9.17) is 28.4 Å². The molecule has 2 aliphatic heterocycles. The van der Waals surface area contributed by atoms with Gasteiger partial charge in [-0.15, -0.1) is 0 Å². The molecule has 2 aliphatic rings. The van der Waals surface area contributed by atoms with Crippen LogP contribution in [0.2, 0.25) is 0 Å². The summed E-state index contributed by atoms with van der Waals surface area (Å²) < 4.78 is 35.3. The van der Waals surface area contributed by atoms with Gasteiger partial charge in [0.1, 0.15) is 11.9 Å². The van der Waals surface area contributed by atoms with Gasteiger partial charge in [-0.3, -0.25) is 14.9 Å². The van der Waals surface area contributed by atoms with E-state index in [1.807, 2.05) is 84.9 Å². The highest BCUT2D eigenvalue weighted by Crippen LogP contribution is 2.33. The van der Waals surface area contributed by atoms with Crippen molar-refractivity contribution >= 4 is 45.3 Å². The van der Waals surface area contributed by atoms with Crippen molar-refractivity contribution in [2.24, 2.45) is 11.8 Å². The SMILES string of the molecule is COc1ccc(NC(=O)O[C@H]2[C@@H]3OC(=O)[C@@H](Cc4ccc5ccccc5c4)C/C=C\C[C@H](Cc4ccc5ccccc5c4)C(=O)O[C@H]3[C@@H](OC)O[C@@H]2CO)cc1. The van der Waals surface area contributed by atoms with Crippen molar-refractivity contribution in [1.29, 1.82) is 0 Å². The van der Waals surface area contributed by atoms with Crippen molar-refractivity contribution < 1.29 is 47.9 Å². The number of amides is 1. The van der Waals surface area contributed by atoms with Crippen LogP contribution in [0.3, 0.4) is 0 Å². The average molecular weight is 760 g/mol. The first-order chi connectivity index (χ1) is 27.3. The molecule has 290 valence electrons. The maximum absolute atomic E-state index is 14.3. The summed E-state index contributed by atoms with van der Waals surface area (Å²) in [4.78, 5) is 41.9. The number of esters is 2. The largest absolute Gasteiger partial charge is 0.497 e. The molecule has 56 heavy (non-hydrogen) atoms. The van der Waals surface area contributed by atoms with E-state index in [1.54, 1.807) is 24.3 Å². The number of fused-ring (bicyclic) bond motifs is 3. The van der Waals surface area contributed by atoms with Crippen LogP contribution in [0.4, 0.5) is 10.5 Å². The van der Waals surface area contributed by atoms with Crippen molar-refractivity contribution in [3.05, 3.63) is 132 Å². The minimum Gasteiger partial charge on any atom is -0.497 e. The number of aliphatic hydroxyl groups excluding tert-OH is 1. The van der Waals surface area contributed by atoms with E-state index in [0.717, 1.165) is 32.7 Å². The molecule has 7 atom stereocenters. The molecule has 1 fully saturated rings. The highest BCUT2D eigenvalue weighted by Gasteiger charge is 2.53. The molecule has 1 amide bonds. The summed E-state index contributed by atoms with van der Waals surface area (Å²) in [5.41, 5.74) is 2.29. The molecule has 2 heterocycles. The average Bonchev–Trinajstić information content (AvgIpc) is 3.22. The summed E-state index contributed by atoms with van der Waals surface area (Å²) in [6.45, 7) is -0.622. The van der Waals surface area contributed by atoms with Crippen molar-refractivity contribution in [2.75, 3.05) is 26.1 Å². The fraction of sp³-hybridized carbons (Fsp3) is 0.311. The maximum Gasteiger partial charge on any atom is 0.412 e. The lowest BCUT2D eigenvalue weighted by Crippen LogP contribution is -2.63. The predicted octanol–water partition coefficient (Wildman–Crippen LogP) is 7.17. The van der Waals surface area contributed by atoms with Crippen LogP contribution in [0, 0.1) is 11.8 Å². The Kier molecular flexibility index (Phi) is 12.2. The Morgan fingerprint density at radius 1 is 0.714 bits per heavy atom. The fourth-order valence-corrected chi connectivity index (χ4v) is 7.37. The van der Waals surface area contributed by atoms with Crippen LogP contribution in [-0.2, 0) is 46.1 Å². The third kappa shape index (κ3) is 9.03. The summed E-state index contributed by atoms with van der Waals surface area (Å²) in [6, 6.07) is 34.7. The fourth-order valence-electron chi connectivity index (χ4n) is 7.37. The summed E-state index contributed by atoms with van der Waals surface area (Å²) in [5, 5.41) is 17.4. The van der Waals surface area contributed by atoms with Gasteiger partial charge in [0.25, 0.3) is 0 Å². The van der Waals surface area contributed by atoms with E-state index in [1.165, 1.54) is 14.2 Å². The molecule has 0 aliphatic carbocycles. The van der Waals surface area contributed by atoms with E-state index < -0.39 is 67.2 Å². The molecule has 0 radical (unpaired) electrons. The number of benzene rings is 5. The zero-order valence-electron chi connectivity index (χ0n) is 31.2. The first-order valence-corrected chi connectivity index (χ1v) is 18.7. The smallest absolute Gasteiger partial charge is 0.412 e. The number of ether oxygens (including phenoxy) is 6. The van der Waals surface area contributed by atoms with Crippen LogP contribution in [0.25, 0.3) is 21.5 Å². The van der Waals surface area contributed by atoms with E-state index in [9.17, 15) is 19.5 Å². The monoisotopic (exact) mass is 759 g/mol. The van der Waals surface area contributed by atoms with Crippen molar-refractivity contribution in [1.82, 2.24) is 0 Å². The lowest BCUT2D eigenvalue weighted by molar-refractivity contribution is -0.300. The number of allylic oxidation sites excluding steroid dienone is 2. The second-order valence-corrected chi connectivity index (χ2v) is 14.1. The van der Waals surface area contributed by atoms with Crippen LogP contribution in [0.15, 0.2) is 121 Å². The summed E-state index contributed by atoms with van der Waals surface area (Å²) in [6.07, 6.45) is -2.35. The molecule has 0 bridgehead atoms. The lowest BCUT2D eigenvalue weighted by Gasteiger charge is -2.44. The van der Waals surface area contributed by atoms with Crippen molar-refractivity contribution in [2.45, 2.75) is 56.4 Å². The van der Waals surface area contributed by atoms with Gasteiger partial charge in [-0.05, 0) is 82.6 Å². The molecule has 5 aromatic rings. The first-order valence-electron chi connectivity index (χ1n) is 18.7.